The van der Waals surface area contributed by atoms with Gasteiger partial charge in [-0.25, -0.2) is 8.42 Å². The van der Waals surface area contributed by atoms with Crippen LogP contribution in [0.1, 0.15) is 58.2 Å². The highest BCUT2D eigenvalue weighted by Crippen LogP contribution is 2.27. The van der Waals surface area contributed by atoms with Crippen LogP contribution in [0, 0.1) is 0 Å². The molecule has 2 rings (SSSR count). The Kier molecular flexibility index (Phi) is 7.76. The highest BCUT2D eigenvalue weighted by Gasteiger charge is 2.32. The molecule has 0 aromatic heterocycles. The molecule has 2 atom stereocenters. The summed E-state index contributed by atoms with van der Waals surface area (Å²) < 4.78 is 31.6. The molecule has 0 aliphatic rings. The van der Waals surface area contributed by atoms with E-state index in [4.69, 9.17) is 4.74 Å². The Morgan fingerprint density at radius 3 is 2.23 bits per heavy atom. The third kappa shape index (κ3) is 6.23. The van der Waals surface area contributed by atoms with Gasteiger partial charge in [-0.15, -0.1) is 0 Å². The van der Waals surface area contributed by atoms with Crippen LogP contribution >= 0.6 is 0 Å². The Hall–Kier alpha value is -2.54. The van der Waals surface area contributed by atoms with E-state index in [9.17, 15) is 13.2 Å². The summed E-state index contributed by atoms with van der Waals surface area (Å²) in [7, 11) is -2.19. The third-order valence-corrected chi connectivity index (χ3v) is 6.45. The molecule has 0 saturated heterocycles. The van der Waals surface area contributed by atoms with E-state index >= 15 is 0 Å². The summed E-state index contributed by atoms with van der Waals surface area (Å²) in [5, 5.41) is 2.98. The zero-order valence-corrected chi connectivity index (χ0v) is 20.3. The van der Waals surface area contributed by atoms with Gasteiger partial charge in [0, 0.05) is 6.07 Å². The maximum absolute atomic E-state index is 13.2. The van der Waals surface area contributed by atoms with Gasteiger partial charge in [0.15, 0.2) is 0 Å². The minimum absolute atomic E-state index is 0.0467. The molecule has 0 saturated carbocycles. The van der Waals surface area contributed by atoms with Crippen molar-refractivity contribution < 1.29 is 17.9 Å². The number of hydrogen-bond donors (Lipinski definition) is 1. The fourth-order valence-electron chi connectivity index (χ4n) is 3.47. The number of anilines is 1. The van der Waals surface area contributed by atoms with Gasteiger partial charge in [0.2, 0.25) is 15.9 Å². The number of nitrogens with one attached hydrogen (secondary N) is 1. The lowest BCUT2D eigenvalue weighted by Crippen LogP contribution is -2.49. The molecule has 0 unspecified atom stereocenters. The first-order valence-corrected chi connectivity index (χ1v) is 12.3. The molecule has 0 radical (unpaired) electrons. The number of ether oxygens (including phenoxy) is 1. The van der Waals surface area contributed by atoms with Crippen molar-refractivity contribution in [2.24, 2.45) is 0 Å². The molecule has 0 fully saturated rings. The van der Waals surface area contributed by atoms with Gasteiger partial charge in [-0.1, -0.05) is 58.0 Å². The molecule has 0 bridgehead atoms. The molecule has 31 heavy (non-hydrogen) atoms. The number of methoxy groups -OCH3 is 1. The molecule has 1 N–H and O–H groups in total. The highest BCUT2D eigenvalue weighted by atomic mass is 32.2. The molecule has 170 valence electrons. The van der Waals surface area contributed by atoms with Crippen molar-refractivity contribution >= 4 is 21.6 Å². The van der Waals surface area contributed by atoms with Crippen molar-refractivity contribution in [1.29, 1.82) is 0 Å². The Morgan fingerprint density at radius 1 is 1.13 bits per heavy atom. The van der Waals surface area contributed by atoms with Crippen LogP contribution in [0.15, 0.2) is 48.5 Å². The molecule has 1 amide bonds. The summed E-state index contributed by atoms with van der Waals surface area (Å²) in [6.07, 6.45) is 1.43. The summed E-state index contributed by atoms with van der Waals surface area (Å²) in [5.74, 6) is 0.178. The van der Waals surface area contributed by atoms with Crippen LogP contribution in [0.4, 0.5) is 5.69 Å². The van der Waals surface area contributed by atoms with Crippen LogP contribution in [-0.2, 0) is 20.2 Å². The van der Waals surface area contributed by atoms with Crippen molar-refractivity contribution in [3.63, 3.8) is 0 Å². The first-order valence-electron chi connectivity index (χ1n) is 10.4. The fourth-order valence-corrected chi connectivity index (χ4v) is 4.68. The maximum Gasteiger partial charge on any atom is 0.244 e. The summed E-state index contributed by atoms with van der Waals surface area (Å²) in [6.45, 7) is 10.1. The third-order valence-electron chi connectivity index (χ3n) is 5.27. The lowest BCUT2D eigenvalue weighted by Gasteiger charge is -2.31. The molecule has 7 heteroatoms. The molecular weight excluding hydrogens is 412 g/mol. The zero-order valence-electron chi connectivity index (χ0n) is 19.5. The number of nitrogens with zero attached hydrogens (tertiary/aromatic N) is 1. The SMILES string of the molecule is CC[C@@H](C(=O)N[C@H](C)c1ccc(C(C)(C)C)cc1)N(c1cccc(OC)c1)S(C)(=O)=O. The van der Waals surface area contributed by atoms with Crippen LogP contribution in [0.3, 0.4) is 0 Å². The predicted molar refractivity (Wildman–Crippen MR) is 126 cm³/mol. The second kappa shape index (κ2) is 9.73. The van der Waals surface area contributed by atoms with E-state index in [2.05, 4.69) is 38.2 Å². The van der Waals surface area contributed by atoms with E-state index in [1.807, 2.05) is 19.1 Å². The first kappa shape index (κ1) is 24.7. The van der Waals surface area contributed by atoms with Crippen molar-refractivity contribution in [3.05, 3.63) is 59.7 Å². The van der Waals surface area contributed by atoms with Gasteiger partial charge in [0.1, 0.15) is 11.8 Å². The van der Waals surface area contributed by atoms with Crippen molar-refractivity contribution in [2.75, 3.05) is 17.7 Å². The number of carbonyl (C=O) groups is 1. The molecule has 6 nitrogen and oxygen atoms in total. The van der Waals surface area contributed by atoms with E-state index in [0.29, 0.717) is 17.9 Å². The van der Waals surface area contributed by atoms with E-state index in [1.54, 1.807) is 31.2 Å². The van der Waals surface area contributed by atoms with Crippen molar-refractivity contribution in [2.45, 2.75) is 58.5 Å². The van der Waals surface area contributed by atoms with E-state index in [0.717, 1.165) is 11.8 Å². The lowest BCUT2D eigenvalue weighted by atomic mass is 9.86. The van der Waals surface area contributed by atoms with Gasteiger partial charge >= 0.3 is 0 Å². The zero-order chi connectivity index (χ0) is 23.4. The quantitative estimate of drug-likeness (QED) is 0.651. The van der Waals surface area contributed by atoms with Crippen LogP contribution < -0.4 is 14.4 Å². The van der Waals surface area contributed by atoms with Gasteiger partial charge in [0.25, 0.3) is 0 Å². The van der Waals surface area contributed by atoms with Gasteiger partial charge in [-0.3, -0.25) is 9.10 Å². The molecule has 2 aromatic rings. The maximum atomic E-state index is 13.2. The summed E-state index contributed by atoms with van der Waals surface area (Å²) >= 11 is 0. The van der Waals surface area contributed by atoms with Gasteiger partial charge in [-0.05, 0) is 42.0 Å². The number of benzene rings is 2. The smallest absolute Gasteiger partial charge is 0.244 e. The van der Waals surface area contributed by atoms with E-state index < -0.39 is 16.1 Å². The summed E-state index contributed by atoms with van der Waals surface area (Å²) in [5.41, 5.74) is 2.61. The molecule has 0 heterocycles. The van der Waals surface area contributed by atoms with Gasteiger partial charge in [-0.2, -0.15) is 0 Å². The summed E-state index contributed by atoms with van der Waals surface area (Å²) in [6, 6.07) is 13.7. The average molecular weight is 447 g/mol. The second-order valence-electron chi connectivity index (χ2n) is 8.79. The molecule has 2 aromatic carbocycles. The molecular formula is C24H34N2O4S. The van der Waals surface area contributed by atoms with Crippen LogP contribution in [0.25, 0.3) is 0 Å². The van der Waals surface area contributed by atoms with Crippen LogP contribution in [-0.4, -0.2) is 33.7 Å². The number of carbonyl (C=O) groups excluding carboxylic acids is 1. The highest BCUT2D eigenvalue weighted by molar-refractivity contribution is 7.92. The Labute approximate surface area is 186 Å². The lowest BCUT2D eigenvalue weighted by molar-refractivity contribution is -0.122. The number of hydrogen-bond acceptors (Lipinski definition) is 4. The Morgan fingerprint density at radius 2 is 1.74 bits per heavy atom. The van der Waals surface area contributed by atoms with Gasteiger partial charge < -0.3 is 10.1 Å². The minimum atomic E-state index is -3.70. The average Bonchev–Trinajstić information content (AvgIpc) is 2.70. The topological polar surface area (TPSA) is 75.7 Å². The summed E-state index contributed by atoms with van der Waals surface area (Å²) in [4.78, 5) is 13.2. The Bertz CT molecular complexity index is 995. The van der Waals surface area contributed by atoms with Crippen LogP contribution in [0.5, 0.6) is 5.75 Å². The normalized spacial score (nSPS) is 13.9. The van der Waals surface area contributed by atoms with Crippen LogP contribution in [0.2, 0.25) is 0 Å². The number of amides is 1. The minimum Gasteiger partial charge on any atom is -0.497 e. The number of sulfonamides is 1. The first-order chi connectivity index (χ1) is 14.4. The Balaban J connectivity index is 2.29. The van der Waals surface area contributed by atoms with Crippen molar-refractivity contribution in [1.82, 2.24) is 5.32 Å². The molecule has 0 aliphatic heterocycles. The van der Waals surface area contributed by atoms with Gasteiger partial charge in [0.05, 0.1) is 25.1 Å². The second-order valence-corrected chi connectivity index (χ2v) is 10.6. The standard InChI is InChI=1S/C24H34N2O4S/c1-8-22(26(31(7,28)29)20-10-9-11-21(16-20)30-6)23(27)25-17(2)18-12-14-19(15-13-18)24(3,4)5/h9-17,22H,8H2,1-7H3,(H,25,27)/t17-,22+/m1/s1. The predicted octanol–water partition coefficient (Wildman–Crippen LogP) is 4.41. The monoisotopic (exact) mass is 446 g/mol. The van der Waals surface area contributed by atoms with Crippen molar-refractivity contribution in [3.8, 4) is 5.75 Å². The molecule has 0 aliphatic carbocycles. The largest absolute Gasteiger partial charge is 0.497 e. The number of rotatable bonds is 8. The fraction of sp³-hybridized carbons (Fsp3) is 0.458. The van der Waals surface area contributed by atoms with E-state index in [1.165, 1.54) is 17.0 Å². The van der Waals surface area contributed by atoms with E-state index in [-0.39, 0.29) is 17.4 Å². The molecule has 0 spiro atoms.